The summed E-state index contributed by atoms with van der Waals surface area (Å²) in [5.41, 5.74) is 3.38. The van der Waals surface area contributed by atoms with Crippen LogP contribution in [0.1, 0.15) is 29.2 Å². The number of rotatable bonds is 6. The number of aryl methyl sites for hydroxylation is 1. The Bertz CT molecular complexity index is 1410. The summed E-state index contributed by atoms with van der Waals surface area (Å²) in [7, 11) is 6.39. The van der Waals surface area contributed by atoms with Gasteiger partial charge in [0, 0.05) is 29.5 Å². The number of aromatic nitrogens is 3. The van der Waals surface area contributed by atoms with Crippen LogP contribution in [0.15, 0.2) is 30.3 Å². The molecule has 176 valence electrons. The van der Waals surface area contributed by atoms with Crippen LogP contribution >= 0.6 is 11.3 Å². The van der Waals surface area contributed by atoms with Crippen LogP contribution in [-0.2, 0) is 4.79 Å². The van der Waals surface area contributed by atoms with Crippen molar-refractivity contribution in [1.29, 1.82) is 0 Å². The number of thiazole rings is 1. The molecule has 0 aliphatic carbocycles. The highest BCUT2D eigenvalue weighted by atomic mass is 32.1. The lowest BCUT2D eigenvalue weighted by Gasteiger charge is -2.26. The van der Waals surface area contributed by atoms with E-state index in [-0.39, 0.29) is 18.2 Å². The zero-order chi connectivity index (χ0) is 24.0. The van der Waals surface area contributed by atoms with Crippen LogP contribution in [0, 0.1) is 6.92 Å². The van der Waals surface area contributed by atoms with Crippen molar-refractivity contribution in [2.45, 2.75) is 19.3 Å². The number of carbonyl (C=O) groups excluding carboxylic acids is 1. The first-order valence-electron chi connectivity index (χ1n) is 10.6. The van der Waals surface area contributed by atoms with E-state index in [0.29, 0.717) is 28.2 Å². The third-order valence-electron chi connectivity index (χ3n) is 5.98. The van der Waals surface area contributed by atoms with E-state index < -0.39 is 0 Å². The maximum Gasteiger partial charge on any atom is 0.226 e. The SMILES string of the molecule is COc1ccc2nc(-n3nc(C)c4c3NC(=O)C[C@@H]4c3cc(OC)c(OC)cc3OC)sc2c1. The van der Waals surface area contributed by atoms with E-state index in [1.807, 2.05) is 31.2 Å². The molecular formula is C24H24N4O5S. The quantitative estimate of drug-likeness (QED) is 0.439. The average Bonchev–Trinajstić information content (AvgIpc) is 3.42. The van der Waals surface area contributed by atoms with E-state index in [4.69, 9.17) is 29.0 Å². The molecule has 1 atom stereocenters. The molecule has 3 heterocycles. The van der Waals surface area contributed by atoms with E-state index in [1.54, 1.807) is 39.2 Å². The Morgan fingerprint density at radius 1 is 1.00 bits per heavy atom. The Balaban J connectivity index is 1.66. The number of benzene rings is 2. The van der Waals surface area contributed by atoms with Gasteiger partial charge in [-0.1, -0.05) is 11.3 Å². The normalized spacial score (nSPS) is 15.1. The highest BCUT2D eigenvalue weighted by Crippen LogP contribution is 2.46. The van der Waals surface area contributed by atoms with Gasteiger partial charge >= 0.3 is 0 Å². The highest BCUT2D eigenvalue weighted by molar-refractivity contribution is 7.20. The lowest BCUT2D eigenvalue weighted by molar-refractivity contribution is -0.116. The minimum Gasteiger partial charge on any atom is -0.497 e. The van der Waals surface area contributed by atoms with Crippen LogP contribution in [0.4, 0.5) is 5.82 Å². The van der Waals surface area contributed by atoms with Gasteiger partial charge in [-0.05, 0) is 31.2 Å². The van der Waals surface area contributed by atoms with Crippen molar-refractivity contribution in [1.82, 2.24) is 14.8 Å². The molecule has 2 aromatic carbocycles. The van der Waals surface area contributed by atoms with Crippen molar-refractivity contribution in [2.24, 2.45) is 0 Å². The van der Waals surface area contributed by atoms with Gasteiger partial charge in [0.05, 0.1) is 44.3 Å². The van der Waals surface area contributed by atoms with Gasteiger partial charge < -0.3 is 24.3 Å². The molecule has 34 heavy (non-hydrogen) atoms. The van der Waals surface area contributed by atoms with Gasteiger partial charge in [-0.2, -0.15) is 9.78 Å². The van der Waals surface area contributed by atoms with Crippen molar-refractivity contribution in [2.75, 3.05) is 33.8 Å². The molecule has 0 unspecified atom stereocenters. The fourth-order valence-corrected chi connectivity index (χ4v) is 5.34. The molecular weight excluding hydrogens is 456 g/mol. The summed E-state index contributed by atoms with van der Waals surface area (Å²) < 4.78 is 24.6. The average molecular weight is 481 g/mol. The van der Waals surface area contributed by atoms with Gasteiger partial charge in [0.15, 0.2) is 11.5 Å². The Kier molecular flexibility index (Phi) is 5.52. The number of hydrogen-bond donors (Lipinski definition) is 1. The fourth-order valence-electron chi connectivity index (χ4n) is 4.39. The van der Waals surface area contributed by atoms with E-state index in [9.17, 15) is 4.79 Å². The molecule has 1 aliphatic rings. The molecule has 9 nitrogen and oxygen atoms in total. The number of amides is 1. The van der Waals surface area contributed by atoms with E-state index in [2.05, 4.69) is 5.32 Å². The molecule has 0 saturated carbocycles. The molecule has 1 aliphatic heterocycles. The molecule has 1 amide bonds. The van der Waals surface area contributed by atoms with Gasteiger partial charge in [-0.3, -0.25) is 4.79 Å². The summed E-state index contributed by atoms with van der Waals surface area (Å²) in [5, 5.41) is 8.43. The van der Waals surface area contributed by atoms with Crippen molar-refractivity contribution < 1.29 is 23.7 Å². The third kappa shape index (κ3) is 3.50. The van der Waals surface area contributed by atoms with Crippen molar-refractivity contribution in [3.8, 4) is 28.1 Å². The molecule has 0 fully saturated rings. The van der Waals surface area contributed by atoms with Crippen LogP contribution in [0.5, 0.6) is 23.0 Å². The van der Waals surface area contributed by atoms with Crippen molar-refractivity contribution >= 4 is 33.3 Å². The number of nitrogens with one attached hydrogen (secondary N) is 1. The largest absolute Gasteiger partial charge is 0.497 e. The Morgan fingerprint density at radius 3 is 2.44 bits per heavy atom. The number of carbonyl (C=O) groups is 1. The second kappa shape index (κ2) is 8.53. The number of ether oxygens (including phenoxy) is 4. The summed E-state index contributed by atoms with van der Waals surface area (Å²) in [6.45, 7) is 1.93. The van der Waals surface area contributed by atoms with Crippen molar-refractivity contribution in [3.63, 3.8) is 0 Å². The molecule has 0 spiro atoms. The predicted molar refractivity (Wildman–Crippen MR) is 129 cm³/mol. The lowest BCUT2D eigenvalue weighted by atomic mass is 9.85. The molecule has 0 saturated heterocycles. The van der Waals surface area contributed by atoms with Gasteiger partial charge in [0.2, 0.25) is 11.0 Å². The lowest BCUT2D eigenvalue weighted by Crippen LogP contribution is -2.25. The molecule has 0 bridgehead atoms. The van der Waals surface area contributed by atoms with E-state index >= 15 is 0 Å². The number of hydrogen-bond acceptors (Lipinski definition) is 8. The first-order valence-corrected chi connectivity index (χ1v) is 11.4. The third-order valence-corrected chi connectivity index (χ3v) is 6.97. The second-order valence-electron chi connectivity index (χ2n) is 7.84. The number of nitrogens with zero attached hydrogens (tertiary/aromatic N) is 3. The molecule has 1 N–H and O–H groups in total. The second-order valence-corrected chi connectivity index (χ2v) is 8.85. The topological polar surface area (TPSA) is 96.7 Å². The van der Waals surface area contributed by atoms with Crippen molar-refractivity contribution in [3.05, 3.63) is 47.2 Å². The smallest absolute Gasteiger partial charge is 0.226 e. The van der Waals surface area contributed by atoms with Crippen LogP contribution in [-0.4, -0.2) is 49.1 Å². The fraction of sp³-hybridized carbons (Fsp3) is 0.292. The van der Waals surface area contributed by atoms with Crippen LogP contribution < -0.4 is 24.3 Å². The Morgan fingerprint density at radius 2 is 1.74 bits per heavy atom. The van der Waals surface area contributed by atoms with Gasteiger partial charge in [0.25, 0.3) is 0 Å². The van der Waals surface area contributed by atoms with Crippen LogP contribution in [0.2, 0.25) is 0 Å². The minimum absolute atomic E-state index is 0.113. The van der Waals surface area contributed by atoms with Gasteiger partial charge in [0.1, 0.15) is 17.3 Å². The van der Waals surface area contributed by atoms with Gasteiger partial charge in [-0.15, -0.1) is 0 Å². The first kappa shape index (κ1) is 22.0. The summed E-state index contributed by atoms with van der Waals surface area (Å²) in [6.07, 6.45) is 0.252. The summed E-state index contributed by atoms with van der Waals surface area (Å²) in [6, 6.07) is 9.37. The zero-order valence-electron chi connectivity index (χ0n) is 19.5. The number of fused-ring (bicyclic) bond motifs is 2. The first-order chi connectivity index (χ1) is 16.5. The summed E-state index contributed by atoms with van der Waals surface area (Å²) in [4.78, 5) is 17.6. The summed E-state index contributed by atoms with van der Waals surface area (Å²) in [5.74, 6) is 2.72. The van der Waals surface area contributed by atoms with Gasteiger partial charge in [-0.25, -0.2) is 4.98 Å². The monoisotopic (exact) mass is 480 g/mol. The van der Waals surface area contributed by atoms with Crippen LogP contribution in [0.3, 0.4) is 0 Å². The Hall–Kier alpha value is -3.79. The maximum absolute atomic E-state index is 12.9. The molecule has 10 heteroatoms. The van der Waals surface area contributed by atoms with E-state index in [0.717, 1.165) is 32.8 Å². The number of anilines is 1. The number of methoxy groups -OCH3 is 4. The molecule has 5 rings (SSSR count). The minimum atomic E-state index is -0.276. The zero-order valence-corrected chi connectivity index (χ0v) is 20.3. The standard InChI is InChI=1S/C24H24N4O5S/c1-12-22-15(14-9-18(32-4)19(33-5)11-17(14)31-3)10-21(29)26-23(22)28(27-12)24-25-16-7-6-13(30-2)8-20(16)34-24/h6-9,11,15H,10H2,1-5H3,(H,26,29)/t15-/m1/s1. The molecule has 2 aromatic heterocycles. The predicted octanol–water partition coefficient (Wildman–Crippen LogP) is 4.30. The molecule has 0 radical (unpaired) electrons. The highest BCUT2D eigenvalue weighted by Gasteiger charge is 2.35. The molecule has 4 aromatic rings. The summed E-state index contributed by atoms with van der Waals surface area (Å²) >= 11 is 1.48. The van der Waals surface area contributed by atoms with Crippen LogP contribution in [0.25, 0.3) is 15.3 Å². The maximum atomic E-state index is 12.9. The van der Waals surface area contributed by atoms with E-state index in [1.165, 1.54) is 11.3 Å². The Labute approximate surface area is 200 Å².